The van der Waals surface area contributed by atoms with Gasteiger partial charge >= 0.3 is 17.9 Å². The highest BCUT2D eigenvalue weighted by Crippen LogP contribution is 3.00. The Morgan fingerprint density at radius 1 is 1.15 bits per heavy atom. The number of esters is 3. The minimum atomic E-state index is -1.69. The Balaban J connectivity index is 1.66. The molecule has 9 atom stereocenters. The third-order valence-electron chi connectivity index (χ3n) is 11.3. The number of hydrogen-bond donors (Lipinski definition) is 1. The molecule has 1 aromatic heterocycles. The van der Waals surface area contributed by atoms with E-state index >= 15 is 0 Å². The number of ether oxygens (including phenoxy) is 4. The van der Waals surface area contributed by atoms with E-state index in [1.165, 1.54) is 32.6 Å². The van der Waals surface area contributed by atoms with Crippen molar-refractivity contribution in [3.8, 4) is 0 Å². The fourth-order valence-electron chi connectivity index (χ4n) is 10.3. The lowest BCUT2D eigenvalue weighted by Crippen LogP contribution is -2.60. The van der Waals surface area contributed by atoms with Crippen molar-refractivity contribution < 1.29 is 47.6 Å². The van der Waals surface area contributed by atoms with Crippen molar-refractivity contribution in [3.05, 3.63) is 36.0 Å². The highest BCUT2D eigenvalue weighted by Gasteiger charge is 3.07. The number of rotatable bonds is 4. The predicted molar refractivity (Wildman–Crippen MR) is 131 cm³/mol. The standard InChI is InChI=1S/C29H34O10/c1-14(30)37-18-11-25(4)22(15-8-9-36-13-15)38-19(32)12-28(25)27(6)29(18,28)26(5)17(39-27)10-16(31)24(2,3)21(26)20(33)23(34)35-7/h8-10,13,18,20-22,33H,11-12H2,1-7H3/t18-,20-,21+,22+,25+,26+,27-,28-,29-/m1/s1. The van der Waals surface area contributed by atoms with Crippen molar-refractivity contribution in [2.45, 2.75) is 78.3 Å². The van der Waals surface area contributed by atoms with E-state index in [1.807, 2.05) is 20.8 Å². The summed E-state index contributed by atoms with van der Waals surface area (Å²) in [6.45, 7) is 10.4. The van der Waals surface area contributed by atoms with Crippen LogP contribution >= 0.6 is 0 Å². The SMILES string of the molecule is COC(=O)[C@H](O)[C@H]1C(C)(C)C(=O)C=C2O[C@]3(C)[C@@]45CC(=O)O[C@@H](c6ccoc6)[C@]4(C)C[C@@H](OC(C)=O)[C@@]35[C@@]21C. The highest BCUT2D eigenvalue weighted by atomic mass is 16.6. The molecule has 2 saturated carbocycles. The molecule has 5 aliphatic rings. The van der Waals surface area contributed by atoms with Gasteiger partial charge < -0.3 is 28.5 Å². The lowest BCUT2D eigenvalue weighted by molar-refractivity contribution is -0.192. The van der Waals surface area contributed by atoms with Crippen LogP contribution < -0.4 is 0 Å². The van der Waals surface area contributed by atoms with E-state index in [9.17, 15) is 24.3 Å². The number of furan rings is 1. The second kappa shape index (κ2) is 7.33. The van der Waals surface area contributed by atoms with Crippen LogP contribution in [0.3, 0.4) is 0 Å². The van der Waals surface area contributed by atoms with E-state index in [4.69, 9.17) is 23.4 Å². The van der Waals surface area contributed by atoms with Crippen molar-refractivity contribution >= 4 is 23.7 Å². The molecular weight excluding hydrogens is 508 g/mol. The molecule has 3 heterocycles. The molecule has 1 N–H and O–H groups in total. The van der Waals surface area contributed by atoms with Gasteiger partial charge in [-0.15, -0.1) is 0 Å². The smallest absolute Gasteiger partial charge is 0.335 e. The Morgan fingerprint density at radius 2 is 1.85 bits per heavy atom. The highest BCUT2D eigenvalue weighted by molar-refractivity contribution is 5.98. The summed E-state index contributed by atoms with van der Waals surface area (Å²) in [5, 5.41) is 11.5. The van der Waals surface area contributed by atoms with Crippen LogP contribution in [0.15, 0.2) is 34.8 Å². The molecule has 1 aromatic rings. The number of cyclic esters (lactones) is 1. The molecule has 4 fully saturated rings. The summed E-state index contributed by atoms with van der Waals surface area (Å²) < 4.78 is 29.1. The van der Waals surface area contributed by atoms with Crippen molar-refractivity contribution in [2.75, 3.05) is 7.11 Å². The van der Waals surface area contributed by atoms with Crippen molar-refractivity contribution in [3.63, 3.8) is 0 Å². The Morgan fingerprint density at radius 3 is 2.44 bits per heavy atom. The molecule has 10 heteroatoms. The van der Waals surface area contributed by atoms with Crippen LogP contribution in [0.4, 0.5) is 0 Å². The maximum absolute atomic E-state index is 13.4. The molecule has 0 unspecified atom stereocenters. The quantitative estimate of drug-likeness (QED) is 0.446. The summed E-state index contributed by atoms with van der Waals surface area (Å²) in [7, 11) is 1.18. The van der Waals surface area contributed by atoms with E-state index in [2.05, 4.69) is 0 Å². The van der Waals surface area contributed by atoms with Gasteiger partial charge in [0.1, 0.15) is 23.6 Å². The molecule has 6 rings (SSSR count). The van der Waals surface area contributed by atoms with Gasteiger partial charge in [-0.25, -0.2) is 4.79 Å². The number of hydrogen-bond acceptors (Lipinski definition) is 10. The molecule has 0 radical (unpaired) electrons. The number of methoxy groups -OCH3 is 1. The average molecular weight is 543 g/mol. The molecule has 3 aliphatic carbocycles. The molecule has 0 aromatic carbocycles. The van der Waals surface area contributed by atoms with Gasteiger partial charge in [0.05, 0.1) is 31.5 Å². The molecule has 0 bridgehead atoms. The van der Waals surface area contributed by atoms with Gasteiger partial charge in [0.15, 0.2) is 11.9 Å². The van der Waals surface area contributed by atoms with Gasteiger partial charge in [-0.05, 0) is 19.4 Å². The monoisotopic (exact) mass is 542 g/mol. The second-order valence-electron chi connectivity index (χ2n) is 12.9. The Labute approximate surface area is 226 Å². The number of aliphatic hydroxyl groups excluding tert-OH is 1. The lowest BCUT2D eigenvalue weighted by Gasteiger charge is -2.54. The first-order valence-corrected chi connectivity index (χ1v) is 13.2. The topological polar surface area (TPSA) is 139 Å². The van der Waals surface area contributed by atoms with Gasteiger partial charge in [-0.2, -0.15) is 0 Å². The van der Waals surface area contributed by atoms with Crippen LogP contribution in [0.1, 0.15) is 66.1 Å². The lowest BCUT2D eigenvalue weighted by atomic mass is 9.49. The van der Waals surface area contributed by atoms with Gasteiger partial charge in [0, 0.05) is 46.1 Å². The van der Waals surface area contributed by atoms with Crippen molar-refractivity contribution in [2.24, 2.45) is 33.0 Å². The van der Waals surface area contributed by atoms with E-state index in [0.717, 1.165) is 0 Å². The van der Waals surface area contributed by atoms with Gasteiger partial charge in [0.25, 0.3) is 0 Å². The van der Waals surface area contributed by atoms with Crippen LogP contribution in [-0.2, 0) is 38.1 Å². The summed E-state index contributed by atoms with van der Waals surface area (Å²) >= 11 is 0. The zero-order valence-corrected chi connectivity index (χ0v) is 23.2. The average Bonchev–Trinajstić information content (AvgIpc) is 3.27. The maximum atomic E-state index is 13.4. The van der Waals surface area contributed by atoms with E-state index < -0.39 is 74.8 Å². The molecule has 2 aliphatic heterocycles. The number of allylic oxidation sites excluding steroid dienone is 2. The van der Waals surface area contributed by atoms with Crippen molar-refractivity contribution in [1.82, 2.24) is 0 Å². The molecule has 210 valence electrons. The molecule has 0 amide bonds. The summed E-state index contributed by atoms with van der Waals surface area (Å²) in [4.78, 5) is 52.3. The molecule has 39 heavy (non-hydrogen) atoms. The first-order chi connectivity index (χ1) is 18.1. The number of carbonyl (C=O) groups excluding carboxylic acids is 4. The van der Waals surface area contributed by atoms with Crippen LogP contribution in [0.5, 0.6) is 0 Å². The molecule has 2 saturated heterocycles. The number of fused-ring (bicyclic) bond motifs is 1. The minimum Gasteiger partial charge on any atom is -0.490 e. The Bertz CT molecular complexity index is 1340. The summed E-state index contributed by atoms with van der Waals surface area (Å²) in [5.41, 5.74) is -5.66. The van der Waals surface area contributed by atoms with E-state index in [-0.39, 0.29) is 12.2 Å². The van der Waals surface area contributed by atoms with Gasteiger partial charge in [-0.3, -0.25) is 14.4 Å². The zero-order valence-electron chi connectivity index (χ0n) is 23.2. The first kappa shape index (κ1) is 26.1. The molecule has 2 spiro atoms. The largest absolute Gasteiger partial charge is 0.490 e. The minimum absolute atomic E-state index is 0.0234. The van der Waals surface area contributed by atoms with Gasteiger partial charge in [-0.1, -0.05) is 27.7 Å². The Kier molecular flexibility index (Phi) is 4.90. The zero-order chi connectivity index (χ0) is 28.6. The van der Waals surface area contributed by atoms with Crippen LogP contribution in [0, 0.1) is 33.0 Å². The molecular formula is C29H34O10. The van der Waals surface area contributed by atoms with Gasteiger partial charge in [0.2, 0.25) is 0 Å². The summed E-state index contributed by atoms with van der Waals surface area (Å²) in [6, 6.07) is 1.74. The normalized spacial score (nSPS) is 45.4. The maximum Gasteiger partial charge on any atom is 0.335 e. The number of ketones is 1. The Hall–Kier alpha value is -3.14. The predicted octanol–water partition coefficient (Wildman–Crippen LogP) is 3.03. The molecule has 10 nitrogen and oxygen atoms in total. The van der Waals surface area contributed by atoms with E-state index in [0.29, 0.717) is 17.7 Å². The fourth-order valence-corrected chi connectivity index (χ4v) is 10.3. The fraction of sp³-hybridized carbons (Fsp3) is 0.655. The third-order valence-corrected chi connectivity index (χ3v) is 11.3. The van der Waals surface area contributed by atoms with E-state index in [1.54, 1.807) is 19.9 Å². The third kappa shape index (κ3) is 2.45. The van der Waals surface area contributed by atoms with Crippen LogP contribution in [0.2, 0.25) is 0 Å². The second-order valence-corrected chi connectivity index (χ2v) is 12.9. The number of aliphatic hydroxyl groups is 1. The summed E-state index contributed by atoms with van der Waals surface area (Å²) in [6.07, 6.45) is 1.60. The van der Waals surface area contributed by atoms with Crippen LogP contribution in [0.25, 0.3) is 0 Å². The summed E-state index contributed by atoms with van der Waals surface area (Å²) in [5.74, 6) is -2.84. The van der Waals surface area contributed by atoms with Crippen LogP contribution in [-0.4, -0.2) is 53.7 Å². The first-order valence-electron chi connectivity index (χ1n) is 13.2. The van der Waals surface area contributed by atoms with Crippen molar-refractivity contribution in [1.29, 1.82) is 0 Å². The number of carbonyl (C=O) groups is 4.